The van der Waals surface area contributed by atoms with E-state index in [0.29, 0.717) is 18.3 Å². The lowest BCUT2D eigenvalue weighted by Crippen LogP contribution is -2.04. The highest BCUT2D eigenvalue weighted by Gasteiger charge is 2.27. The number of carboxylic acid groups (broad SMARTS) is 1. The number of carbonyl (C=O) groups is 1. The van der Waals surface area contributed by atoms with E-state index in [4.69, 9.17) is 9.84 Å². The number of benzene rings is 1. The minimum absolute atomic E-state index is 0.306. The summed E-state index contributed by atoms with van der Waals surface area (Å²) in [5.74, 6) is 1.03. The molecule has 1 saturated carbocycles. The first-order valence-electron chi connectivity index (χ1n) is 6.04. The van der Waals surface area contributed by atoms with Gasteiger partial charge in [-0.1, -0.05) is 12.1 Å². The Balaban J connectivity index is 2.01. The Labute approximate surface area is 101 Å². The molecule has 0 aliphatic heterocycles. The zero-order valence-corrected chi connectivity index (χ0v) is 10.1. The molecule has 0 aromatic heterocycles. The van der Waals surface area contributed by atoms with E-state index < -0.39 is 5.97 Å². The SMILES string of the molecule is COc1cccc(C2CCC(CC(=O)O)C2)c1. The van der Waals surface area contributed by atoms with Crippen LogP contribution in [0.15, 0.2) is 24.3 Å². The third kappa shape index (κ3) is 2.99. The van der Waals surface area contributed by atoms with Crippen molar-refractivity contribution in [1.82, 2.24) is 0 Å². The zero-order valence-electron chi connectivity index (χ0n) is 10.1. The highest BCUT2D eigenvalue weighted by molar-refractivity contribution is 5.67. The summed E-state index contributed by atoms with van der Waals surface area (Å²) in [5, 5.41) is 8.79. The van der Waals surface area contributed by atoms with Crippen molar-refractivity contribution in [2.75, 3.05) is 7.11 Å². The molecule has 1 aromatic carbocycles. The summed E-state index contributed by atoms with van der Waals surface area (Å²) in [7, 11) is 1.67. The summed E-state index contributed by atoms with van der Waals surface area (Å²) in [6.45, 7) is 0. The van der Waals surface area contributed by atoms with Gasteiger partial charge < -0.3 is 9.84 Å². The highest BCUT2D eigenvalue weighted by atomic mass is 16.5. The first-order valence-corrected chi connectivity index (χ1v) is 6.04. The van der Waals surface area contributed by atoms with Crippen LogP contribution in [0.4, 0.5) is 0 Å². The number of aliphatic carboxylic acids is 1. The molecule has 0 radical (unpaired) electrons. The average Bonchev–Trinajstić information content (AvgIpc) is 2.77. The number of hydrogen-bond donors (Lipinski definition) is 1. The topological polar surface area (TPSA) is 46.5 Å². The van der Waals surface area contributed by atoms with Gasteiger partial charge in [0, 0.05) is 6.42 Å². The molecular weight excluding hydrogens is 216 g/mol. The molecule has 0 heterocycles. The van der Waals surface area contributed by atoms with Gasteiger partial charge in [0.25, 0.3) is 0 Å². The Bertz CT molecular complexity index is 400. The molecule has 1 N–H and O–H groups in total. The zero-order chi connectivity index (χ0) is 12.3. The molecule has 0 saturated heterocycles. The first-order chi connectivity index (χ1) is 8.19. The molecule has 17 heavy (non-hydrogen) atoms. The second-order valence-corrected chi connectivity index (χ2v) is 4.75. The first kappa shape index (κ1) is 12.0. The van der Waals surface area contributed by atoms with Crippen LogP contribution in [-0.4, -0.2) is 18.2 Å². The summed E-state index contributed by atoms with van der Waals surface area (Å²) in [6, 6.07) is 8.11. The van der Waals surface area contributed by atoms with Crippen LogP contribution < -0.4 is 4.74 Å². The van der Waals surface area contributed by atoms with E-state index in [1.165, 1.54) is 5.56 Å². The van der Waals surface area contributed by atoms with E-state index in [1.807, 2.05) is 12.1 Å². The molecule has 1 aliphatic carbocycles. The number of rotatable bonds is 4. The number of ether oxygens (including phenoxy) is 1. The molecule has 2 rings (SSSR count). The minimum Gasteiger partial charge on any atom is -0.497 e. The molecule has 2 unspecified atom stereocenters. The van der Waals surface area contributed by atoms with Crippen LogP contribution in [0.2, 0.25) is 0 Å². The van der Waals surface area contributed by atoms with Gasteiger partial charge in [0.1, 0.15) is 5.75 Å². The van der Waals surface area contributed by atoms with Gasteiger partial charge in [-0.05, 0) is 48.8 Å². The second kappa shape index (κ2) is 5.21. The molecule has 0 bridgehead atoms. The van der Waals surface area contributed by atoms with Gasteiger partial charge in [-0.3, -0.25) is 4.79 Å². The van der Waals surface area contributed by atoms with Crippen LogP contribution >= 0.6 is 0 Å². The van der Waals surface area contributed by atoms with Crippen LogP contribution in [0.1, 0.15) is 37.2 Å². The summed E-state index contributed by atoms with van der Waals surface area (Å²) >= 11 is 0. The lowest BCUT2D eigenvalue weighted by Gasteiger charge is -2.11. The van der Waals surface area contributed by atoms with Gasteiger partial charge in [-0.2, -0.15) is 0 Å². The molecule has 1 fully saturated rings. The van der Waals surface area contributed by atoms with E-state index in [0.717, 1.165) is 25.0 Å². The molecule has 0 spiro atoms. The van der Waals surface area contributed by atoms with Gasteiger partial charge in [0.15, 0.2) is 0 Å². The lowest BCUT2D eigenvalue weighted by atomic mass is 9.95. The van der Waals surface area contributed by atoms with Crippen LogP contribution in [0, 0.1) is 5.92 Å². The maximum Gasteiger partial charge on any atom is 0.303 e. The molecule has 1 aromatic rings. The van der Waals surface area contributed by atoms with Crippen molar-refractivity contribution in [1.29, 1.82) is 0 Å². The third-order valence-corrected chi connectivity index (χ3v) is 3.57. The van der Waals surface area contributed by atoms with Crippen LogP contribution in [0.3, 0.4) is 0 Å². The van der Waals surface area contributed by atoms with Crippen LogP contribution in [-0.2, 0) is 4.79 Å². The molecule has 1 aliphatic rings. The summed E-state index contributed by atoms with van der Waals surface area (Å²) < 4.78 is 5.21. The average molecular weight is 234 g/mol. The van der Waals surface area contributed by atoms with E-state index in [-0.39, 0.29) is 0 Å². The lowest BCUT2D eigenvalue weighted by molar-refractivity contribution is -0.138. The monoisotopic (exact) mass is 234 g/mol. The predicted molar refractivity (Wildman–Crippen MR) is 65.3 cm³/mol. The number of carboxylic acids is 1. The van der Waals surface area contributed by atoms with Crippen molar-refractivity contribution >= 4 is 5.97 Å². The molecular formula is C14H18O3. The second-order valence-electron chi connectivity index (χ2n) is 4.75. The van der Waals surface area contributed by atoms with Gasteiger partial charge in [0.05, 0.1) is 7.11 Å². The van der Waals surface area contributed by atoms with Crippen LogP contribution in [0.25, 0.3) is 0 Å². The van der Waals surface area contributed by atoms with Crippen molar-refractivity contribution in [3.05, 3.63) is 29.8 Å². The molecule has 92 valence electrons. The maximum atomic E-state index is 10.7. The standard InChI is InChI=1S/C14H18O3/c1-17-13-4-2-3-11(9-13)12-6-5-10(7-12)8-14(15)16/h2-4,9-10,12H,5-8H2,1H3,(H,15,16). The van der Waals surface area contributed by atoms with Crippen molar-refractivity contribution in [2.24, 2.45) is 5.92 Å². The predicted octanol–water partition coefficient (Wildman–Crippen LogP) is 3.05. The summed E-state index contributed by atoms with van der Waals surface area (Å²) in [4.78, 5) is 10.7. The Morgan fingerprint density at radius 1 is 1.47 bits per heavy atom. The van der Waals surface area contributed by atoms with Crippen molar-refractivity contribution in [2.45, 2.75) is 31.6 Å². The highest BCUT2D eigenvalue weighted by Crippen LogP contribution is 2.40. The Morgan fingerprint density at radius 2 is 2.29 bits per heavy atom. The minimum atomic E-state index is -0.679. The van der Waals surface area contributed by atoms with Crippen LogP contribution in [0.5, 0.6) is 5.75 Å². The molecule has 3 nitrogen and oxygen atoms in total. The fraction of sp³-hybridized carbons (Fsp3) is 0.500. The van der Waals surface area contributed by atoms with Crippen molar-refractivity contribution < 1.29 is 14.6 Å². The Hall–Kier alpha value is -1.51. The Morgan fingerprint density at radius 3 is 3.00 bits per heavy atom. The van der Waals surface area contributed by atoms with Crippen molar-refractivity contribution in [3.63, 3.8) is 0 Å². The summed E-state index contributed by atoms with van der Waals surface area (Å²) in [6.07, 6.45) is 3.40. The molecule has 0 amide bonds. The largest absolute Gasteiger partial charge is 0.497 e. The fourth-order valence-corrected chi connectivity index (χ4v) is 2.71. The normalized spacial score (nSPS) is 23.6. The van der Waals surface area contributed by atoms with E-state index >= 15 is 0 Å². The van der Waals surface area contributed by atoms with Gasteiger partial charge in [0.2, 0.25) is 0 Å². The van der Waals surface area contributed by atoms with Gasteiger partial charge in [-0.25, -0.2) is 0 Å². The smallest absolute Gasteiger partial charge is 0.303 e. The molecule has 3 heteroatoms. The molecule has 2 atom stereocenters. The van der Waals surface area contributed by atoms with Gasteiger partial charge in [-0.15, -0.1) is 0 Å². The maximum absolute atomic E-state index is 10.7. The van der Waals surface area contributed by atoms with Gasteiger partial charge >= 0.3 is 5.97 Å². The third-order valence-electron chi connectivity index (χ3n) is 3.57. The van der Waals surface area contributed by atoms with E-state index in [1.54, 1.807) is 7.11 Å². The van der Waals surface area contributed by atoms with E-state index in [2.05, 4.69) is 12.1 Å². The quantitative estimate of drug-likeness (QED) is 0.871. The number of hydrogen-bond acceptors (Lipinski definition) is 2. The number of methoxy groups -OCH3 is 1. The summed E-state index contributed by atoms with van der Waals surface area (Å²) in [5.41, 5.74) is 1.28. The fourth-order valence-electron chi connectivity index (χ4n) is 2.71. The Kier molecular flexibility index (Phi) is 3.67. The van der Waals surface area contributed by atoms with Crippen molar-refractivity contribution in [3.8, 4) is 5.75 Å². The van der Waals surface area contributed by atoms with E-state index in [9.17, 15) is 4.79 Å².